The molecule has 0 aromatic heterocycles. The van der Waals surface area contributed by atoms with Crippen molar-refractivity contribution in [1.82, 2.24) is 0 Å². The van der Waals surface area contributed by atoms with Gasteiger partial charge in [0.25, 0.3) is 0 Å². The highest BCUT2D eigenvalue weighted by atomic mass is 16.5. The first kappa shape index (κ1) is 15.6. The average Bonchev–Trinajstić information content (AvgIpc) is 2.49. The van der Waals surface area contributed by atoms with Gasteiger partial charge in [0, 0.05) is 5.56 Å². The van der Waals surface area contributed by atoms with Crippen molar-refractivity contribution in [3.63, 3.8) is 0 Å². The van der Waals surface area contributed by atoms with Crippen LogP contribution < -0.4 is 4.74 Å². The van der Waals surface area contributed by atoms with E-state index in [1.165, 1.54) is 0 Å². The van der Waals surface area contributed by atoms with Crippen LogP contribution in [0.5, 0.6) is 5.75 Å². The highest BCUT2D eigenvalue weighted by Crippen LogP contribution is 2.26. The first-order valence-corrected chi connectivity index (χ1v) is 7.24. The normalized spacial score (nSPS) is 21.2. The molecule has 0 amide bonds. The van der Waals surface area contributed by atoms with E-state index < -0.39 is 5.97 Å². The van der Waals surface area contributed by atoms with Gasteiger partial charge < -0.3 is 14.6 Å². The Bertz CT molecular complexity index is 522. The van der Waals surface area contributed by atoms with Crippen LogP contribution in [-0.2, 0) is 11.3 Å². The number of carboxylic acids is 1. The number of benzene rings is 1. The van der Waals surface area contributed by atoms with E-state index in [4.69, 9.17) is 14.6 Å². The van der Waals surface area contributed by atoms with E-state index in [2.05, 4.69) is 19.1 Å². The Morgan fingerprint density at radius 3 is 2.76 bits per heavy atom. The van der Waals surface area contributed by atoms with Gasteiger partial charge in [-0.1, -0.05) is 19.1 Å². The molecule has 21 heavy (non-hydrogen) atoms. The highest BCUT2D eigenvalue weighted by Gasteiger charge is 2.18. The molecule has 114 valence electrons. The van der Waals surface area contributed by atoms with Crippen LogP contribution in [0.1, 0.15) is 35.7 Å². The molecule has 0 spiro atoms. The largest absolute Gasteiger partial charge is 0.496 e. The first-order chi connectivity index (χ1) is 10.1. The van der Waals surface area contributed by atoms with Gasteiger partial charge in [0.2, 0.25) is 0 Å². The van der Waals surface area contributed by atoms with Gasteiger partial charge in [-0.3, -0.25) is 0 Å². The highest BCUT2D eigenvalue weighted by molar-refractivity contribution is 5.88. The van der Waals surface area contributed by atoms with E-state index in [0.29, 0.717) is 30.8 Å². The second-order valence-corrected chi connectivity index (χ2v) is 5.53. The molecule has 0 aliphatic heterocycles. The molecule has 1 aliphatic carbocycles. The molecule has 0 bridgehead atoms. The second kappa shape index (κ2) is 7.27. The van der Waals surface area contributed by atoms with Crippen LogP contribution >= 0.6 is 0 Å². The summed E-state index contributed by atoms with van der Waals surface area (Å²) < 4.78 is 11.1. The number of rotatable bonds is 6. The van der Waals surface area contributed by atoms with E-state index in [1.54, 1.807) is 25.3 Å². The lowest BCUT2D eigenvalue weighted by atomic mass is 9.85. The smallest absolute Gasteiger partial charge is 0.335 e. The third kappa shape index (κ3) is 4.08. The molecule has 1 aromatic carbocycles. The van der Waals surface area contributed by atoms with E-state index in [9.17, 15) is 4.79 Å². The summed E-state index contributed by atoms with van der Waals surface area (Å²) in [7, 11) is 1.58. The Labute approximate surface area is 125 Å². The van der Waals surface area contributed by atoms with E-state index >= 15 is 0 Å². The van der Waals surface area contributed by atoms with E-state index in [0.717, 1.165) is 18.4 Å². The Morgan fingerprint density at radius 1 is 1.33 bits per heavy atom. The number of allylic oxidation sites excluding steroid dienone is 2. The van der Waals surface area contributed by atoms with Gasteiger partial charge in [0.1, 0.15) is 5.75 Å². The minimum atomic E-state index is -0.940. The van der Waals surface area contributed by atoms with E-state index in [1.807, 2.05) is 0 Å². The predicted molar refractivity (Wildman–Crippen MR) is 80.6 cm³/mol. The van der Waals surface area contributed by atoms with Crippen molar-refractivity contribution >= 4 is 5.97 Å². The summed E-state index contributed by atoms with van der Waals surface area (Å²) in [5, 5.41) is 9.05. The van der Waals surface area contributed by atoms with Crippen molar-refractivity contribution in [3.8, 4) is 5.75 Å². The lowest BCUT2D eigenvalue weighted by Crippen LogP contribution is -2.19. The molecule has 0 saturated heterocycles. The van der Waals surface area contributed by atoms with Gasteiger partial charge in [0.15, 0.2) is 0 Å². The number of methoxy groups -OCH3 is 1. The monoisotopic (exact) mass is 290 g/mol. The molecule has 0 saturated carbocycles. The zero-order valence-electron chi connectivity index (χ0n) is 12.5. The molecule has 0 radical (unpaired) electrons. The zero-order chi connectivity index (χ0) is 15.2. The summed E-state index contributed by atoms with van der Waals surface area (Å²) in [5.41, 5.74) is 1.03. The molecule has 0 heterocycles. The molecule has 4 heteroatoms. The van der Waals surface area contributed by atoms with Crippen LogP contribution in [0.4, 0.5) is 0 Å². The molecule has 2 rings (SSSR count). The number of ether oxygens (including phenoxy) is 2. The number of carboxylic acid groups (broad SMARTS) is 1. The maximum atomic E-state index is 11.0. The summed E-state index contributed by atoms with van der Waals surface area (Å²) in [5.74, 6) is 0.882. The SMILES string of the molecule is COc1ccc(C(=O)O)cc1COCC1CC=CCC1C. The van der Waals surface area contributed by atoms with Crippen molar-refractivity contribution in [2.45, 2.75) is 26.4 Å². The molecule has 0 fully saturated rings. The fraction of sp³-hybridized carbons (Fsp3) is 0.471. The Hall–Kier alpha value is -1.81. The lowest BCUT2D eigenvalue weighted by Gasteiger charge is -2.25. The Balaban J connectivity index is 1.97. The summed E-state index contributed by atoms with van der Waals surface area (Å²) in [4.78, 5) is 11.0. The molecule has 1 N–H and O–H groups in total. The van der Waals surface area contributed by atoms with Crippen molar-refractivity contribution < 1.29 is 19.4 Å². The molecule has 1 aromatic rings. The molecule has 1 aliphatic rings. The van der Waals surface area contributed by atoms with Crippen molar-refractivity contribution in [2.24, 2.45) is 11.8 Å². The van der Waals surface area contributed by atoms with Crippen LogP contribution in [0.3, 0.4) is 0 Å². The third-order valence-electron chi connectivity index (χ3n) is 4.03. The van der Waals surface area contributed by atoms with Gasteiger partial charge in [0.05, 0.1) is 25.9 Å². The molecule has 2 atom stereocenters. The third-order valence-corrected chi connectivity index (χ3v) is 4.03. The number of hydrogen-bond acceptors (Lipinski definition) is 3. The topological polar surface area (TPSA) is 55.8 Å². The summed E-state index contributed by atoms with van der Waals surface area (Å²) in [6.07, 6.45) is 6.58. The maximum absolute atomic E-state index is 11.0. The van der Waals surface area contributed by atoms with Crippen molar-refractivity contribution in [1.29, 1.82) is 0 Å². The lowest BCUT2D eigenvalue weighted by molar-refractivity contribution is 0.0663. The quantitative estimate of drug-likeness (QED) is 0.815. The number of carbonyl (C=O) groups is 1. The van der Waals surface area contributed by atoms with E-state index in [-0.39, 0.29) is 5.56 Å². The van der Waals surface area contributed by atoms with Gasteiger partial charge in [-0.05, 0) is 42.9 Å². The second-order valence-electron chi connectivity index (χ2n) is 5.53. The maximum Gasteiger partial charge on any atom is 0.335 e. The zero-order valence-corrected chi connectivity index (χ0v) is 12.5. The Kier molecular flexibility index (Phi) is 5.39. The fourth-order valence-electron chi connectivity index (χ4n) is 2.58. The first-order valence-electron chi connectivity index (χ1n) is 7.24. The van der Waals surface area contributed by atoms with Crippen LogP contribution in [0.25, 0.3) is 0 Å². The van der Waals surface area contributed by atoms with Gasteiger partial charge in [-0.2, -0.15) is 0 Å². The van der Waals surface area contributed by atoms with Gasteiger partial charge in [-0.15, -0.1) is 0 Å². The minimum absolute atomic E-state index is 0.253. The van der Waals surface area contributed by atoms with Gasteiger partial charge >= 0.3 is 5.97 Å². The van der Waals surface area contributed by atoms with Crippen LogP contribution in [0.2, 0.25) is 0 Å². The van der Waals surface area contributed by atoms with Crippen molar-refractivity contribution in [2.75, 3.05) is 13.7 Å². The number of hydrogen-bond donors (Lipinski definition) is 1. The number of aromatic carboxylic acids is 1. The Morgan fingerprint density at radius 2 is 2.10 bits per heavy atom. The summed E-state index contributed by atoms with van der Waals surface area (Å²) in [6.45, 7) is 3.30. The molecular formula is C17H22O4. The van der Waals surface area contributed by atoms with Crippen LogP contribution in [0, 0.1) is 11.8 Å². The predicted octanol–water partition coefficient (Wildman–Crippen LogP) is 3.51. The molecule has 2 unspecified atom stereocenters. The van der Waals surface area contributed by atoms with Crippen molar-refractivity contribution in [3.05, 3.63) is 41.5 Å². The van der Waals surface area contributed by atoms with Gasteiger partial charge in [-0.25, -0.2) is 4.79 Å². The molecular weight excluding hydrogens is 268 g/mol. The van der Waals surface area contributed by atoms with Crippen LogP contribution in [0.15, 0.2) is 30.4 Å². The summed E-state index contributed by atoms with van der Waals surface area (Å²) >= 11 is 0. The fourth-order valence-corrected chi connectivity index (χ4v) is 2.58. The average molecular weight is 290 g/mol. The van der Waals surface area contributed by atoms with Crippen LogP contribution in [-0.4, -0.2) is 24.8 Å². The standard InChI is InChI=1S/C17H22O4/c1-12-5-3-4-6-14(12)10-21-11-15-9-13(17(18)19)7-8-16(15)20-2/h3-4,7-9,12,14H,5-6,10-11H2,1-2H3,(H,18,19). The molecule has 4 nitrogen and oxygen atoms in total. The minimum Gasteiger partial charge on any atom is -0.496 e. The summed E-state index contributed by atoms with van der Waals surface area (Å²) in [6, 6.07) is 4.83.